The first-order valence-electron chi connectivity index (χ1n) is 6.42. The van der Waals surface area contributed by atoms with Crippen molar-refractivity contribution in [1.82, 2.24) is 24.1 Å². The lowest BCUT2D eigenvalue weighted by atomic mass is 10.2. The normalized spacial score (nSPS) is 10.8. The zero-order valence-electron chi connectivity index (χ0n) is 11.3. The Morgan fingerprint density at radius 3 is 2.90 bits per heavy atom. The highest BCUT2D eigenvalue weighted by Crippen LogP contribution is 2.20. The van der Waals surface area contributed by atoms with Gasteiger partial charge in [-0.25, -0.2) is 15.0 Å². The first-order valence-corrected chi connectivity index (χ1v) is 6.42. The van der Waals surface area contributed by atoms with Crippen molar-refractivity contribution in [1.29, 1.82) is 0 Å². The van der Waals surface area contributed by atoms with Gasteiger partial charge in [0.25, 0.3) is 0 Å². The molecule has 6 nitrogen and oxygen atoms in total. The fourth-order valence-electron chi connectivity index (χ4n) is 2.20. The largest absolute Gasteiger partial charge is 0.384 e. The number of hydrogen-bond donors (Lipinski definition) is 1. The van der Waals surface area contributed by atoms with Gasteiger partial charge in [0.15, 0.2) is 0 Å². The molecule has 0 bridgehead atoms. The Morgan fingerprint density at radius 2 is 2.15 bits per heavy atom. The standard InChI is InChI=1S/C14H16N6/c1-19-7-5-18-14(19)3-6-20-10-16-9-12(20)11-2-4-17-13(15)8-11/h2,4-5,7-10H,3,6H2,1H3,(H2,15,17). The average molecular weight is 268 g/mol. The van der Waals surface area contributed by atoms with Gasteiger partial charge in [-0.05, 0) is 12.1 Å². The van der Waals surface area contributed by atoms with Crippen LogP contribution < -0.4 is 5.73 Å². The van der Waals surface area contributed by atoms with Crippen LogP contribution in [0, 0.1) is 0 Å². The zero-order chi connectivity index (χ0) is 13.9. The number of nitrogens with zero attached hydrogens (tertiary/aromatic N) is 5. The fraction of sp³-hybridized carbons (Fsp3) is 0.214. The summed E-state index contributed by atoms with van der Waals surface area (Å²) in [5.74, 6) is 1.57. The minimum Gasteiger partial charge on any atom is -0.384 e. The van der Waals surface area contributed by atoms with E-state index >= 15 is 0 Å². The molecule has 102 valence electrons. The molecule has 20 heavy (non-hydrogen) atoms. The smallest absolute Gasteiger partial charge is 0.123 e. The van der Waals surface area contributed by atoms with E-state index in [2.05, 4.69) is 19.5 Å². The monoisotopic (exact) mass is 268 g/mol. The van der Waals surface area contributed by atoms with Gasteiger partial charge in [-0.15, -0.1) is 0 Å². The molecular weight excluding hydrogens is 252 g/mol. The minimum atomic E-state index is 0.513. The Balaban J connectivity index is 1.82. The predicted octanol–water partition coefficient (Wildman–Crippen LogP) is 1.50. The van der Waals surface area contributed by atoms with Crippen LogP contribution in [0.1, 0.15) is 5.82 Å². The molecule has 0 spiro atoms. The Kier molecular flexibility index (Phi) is 3.20. The minimum absolute atomic E-state index is 0.513. The number of imidazole rings is 2. The molecule has 0 saturated carbocycles. The second-order valence-corrected chi connectivity index (χ2v) is 4.65. The molecule has 3 rings (SSSR count). The molecule has 0 amide bonds. The Labute approximate surface area is 116 Å². The Bertz CT molecular complexity index is 712. The molecule has 0 unspecified atom stereocenters. The topological polar surface area (TPSA) is 74.5 Å². The maximum atomic E-state index is 5.73. The van der Waals surface area contributed by atoms with Gasteiger partial charge in [0.2, 0.25) is 0 Å². The van der Waals surface area contributed by atoms with Crippen LogP contribution in [0.5, 0.6) is 0 Å². The summed E-state index contributed by atoms with van der Waals surface area (Å²) in [5.41, 5.74) is 7.79. The van der Waals surface area contributed by atoms with Gasteiger partial charge in [0.05, 0.1) is 18.2 Å². The molecule has 6 heteroatoms. The summed E-state index contributed by atoms with van der Waals surface area (Å²) in [6.07, 6.45) is 10.00. The molecule has 3 aromatic heterocycles. The Morgan fingerprint density at radius 1 is 1.25 bits per heavy atom. The molecule has 2 N–H and O–H groups in total. The third kappa shape index (κ3) is 2.40. The molecular formula is C14H16N6. The highest BCUT2D eigenvalue weighted by atomic mass is 15.1. The SMILES string of the molecule is Cn1ccnc1CCn1cncc1-c1ccnc(N)c1. The van der Waals surface area contributed by atoms with Crippen LogP contribution in [-0.2, 0) is 20.0 Å². The fourth-order valence-corrected chi connectivity index (χ4v) is 2.20. The van der Waals surface area contributed by atoms with Crippen molar-refractivity contribution < 1.29 is 0 Å². The van der Waals surface area contributed by atoms with Gasteiger partial charge in [-0.1, -0.05) is 0 Å². The number of anilines is 1. The van der Waals surface area contributed by atoms with Crippen molar-refractivity contribution >= 4 is 5.82 Å². The van der Waals surface area contributed by atoms with E-state index in [0.717, 1.165) is 30.0 Å². The number of aryl methyl sites for hydroxylation is 3. The molecule has 0 aliphatic carbocycles. The number of hydrogen-bond acceptors (Lipinski definition) is 4. The van der Waals surface area contributed by atoms with Crippen molar-refractivity contribution in [3.8, 4) is 11.3 Å². The summed E-state index contributed by atoms with van der Waals surface area (Å²) < 4.78 is 4.13. The average Bonchev–Trinajstić information content (AvgIpc) is 3.05. The van der Waals surface area contributed by atoms with Crippen LogP contribution >= 0.6 is 0 Å². The van der Waals surface area contributed by atoms with E-state index in [9.17, 15) is 0 Å². The first kappa shape index (κ1) is 12.4. The van der Waals surface area contributed by atoms with Gasteiger partial charge in [-0.2, -0.15) is 0 Å². The number of nitrogens with two attached hydrogens (primary N) is 1. The molecule has 0 aliphatic rings. The van der Waals surface area contributed by atoms with Crippen LogP contribution in [0.25, 0.3) is 11.3 Å². The number of aromatic nitrogens is 5. The quantitative estimate of drug-likeness (QED) is 0.778. The van der Waals surface area contributed by atoms with Crippen molar-refractivity contribution in [3.63, 3.8) is 0 Å². The van der Waals surface area contributed by atoms with Crippen LogP contribution in [-0.4, -0.2) is 24.1 Å². The lowest BCUT2D eigenvalue weighted by molar-refractivity contribution is 0.654. The van der Waals surface area contributed by atoms with Gasteiger partial charge in [0.1, 0.15) is 11.6 Å². The third-order valence-electron chi connectivity index (χ3n) is 3.29. The lowest BCUT2D eigenvalue weighted by Gasteiger charge is -2.08. The van der Waals surface area contributed by atoms with Gasteiger partial charge in [-0.3, -0.25) is 0 Å². The predicted molar refractivity (Wildman–Crippen MR) is 76.8 cm³/mol. The molecule has 3 heterocycles. The highest BCUT2D eigenvalue weighted by Gasteiger charge is 2.07. The van der Waals surface area contributed by atoms with Gasteiger partial charge in [0, 0.05) is 44.2 Å². The summed E-state index contributed by atoms with van der Waals surface area (Å²) >= 11 is 0. The number of rotatable bonds is 4. The lowest BCUT2D eigenvalue weighted by Crippen LogP contribution is -2.06. The van der Waals surface area contributed by atoms with Gasteiger partial charge >= 0.3 is 0 Å². The van der Waals surface area contributed by atoms with E-state index in [1.54, 1.807) is 6.20 Å². The van der Waals surface area contributed by atoms with Crippen molar-refractivity contribution in [2.45, 2.75) is 13.0 Å². The molecule has 0 fully saturated rings. The third-order valence-corrected chi connectivity index (χ3v) is 3.29. The molecule has 0 atom stereocenters. The maximum Gasteiger partial charge on any atom is 0.123 e. The molecule has 0 aromatic carbocycles. The number of pyridine rings is 1. The summed E-state index contributed by atoms with van der Waals surface area (Å²) in [7, 11) is 2.00. The highest BCUT2D eigenvalue weighted by molar-refractivity contribution is 5.61. The van der Waals surface area contributed by atoms with Crippen molar-refractivity contribution in [2.24, 2.45) is 7.05 Å². The van der Waals surface area contributed by atoms with Gasteiger partial charge < -0.3 is 14.9 Å². The van der Waals surface area contributed by atoms with Crippen molar-refractivity contribution in [2.75, 3.05) is 5.73 Å². The second-order valence-electron chi connectivity index (χ2n) is 4.65. The summed E-state index contributed by atoms with van der Waals surface area (Å²) in [4.78, 5) is 12.6. The Hall–Kier alpha value is -2.63. The van der Waals surface area contributed by atoms with E-state index < -0.39 is 0 Å². The van der Waals surface area contributed by atoms with Crippen molar-refractivity contribution in [3.05, 3.63) is 49.1 Å². The van der Waals surface area contributed by atoms with E-state index in [4.69, 9.17) is 5.73 Å². The van der Waals surface area contributed by atoms with Crippen LogP contribution in [0.15, 0.2) is 43.2 Å². The van der Waals surface area contributed by atoms with E-state index in [1.165, 1.54) is 0 Å². The summed E-state index contributed by atoms with van der Waals surface area (Å²) in [6.45, 7) is 0.822. The van der Waals surface area contributed by atoms with E-state index in [0.29, 0.717) is 5.82 Å². The molecule has 0 aliphatic heterocycles. The van der Waals surface area contributed by atoms with Crippen LogP contribution in [0.4, 0.5) is 5.82 Å². The molecule has 0 radical (unpaired) electrons. The summed E-state index contributed by atoms with van der Waals surface area (Å²) in [6, 6.07) is 3.79. The second kappa shape index (κ2) is 5.16. The number of nitrogen functional groups attached to an aromatic ring is 1. The zero-order valence-corrected chi connectivity index (χ0v) is 11.3. The molecule has 3 aromatic rings. The summed E-state index contributed by atoms with van der Waals surface area (Å²) in [5, 5.41) is 0. The van der Waals surface area contributed by atoms with E-state index in [1.807, 2.05) is 48.7 Å². The van der Waals surface area contributed by atoms with Crippen LogP contribution in [0.2, 0.25) is 0 Å². The maximum absolute atomic E-state index is 5.73. The van der Waals surface area contributed by atoms with E-state index in [-0.39, 0.29) is 0 Å². The first-order chi connectivity index (χ1) is 9.74. The van der Waals surface area contributed by atoms with Crippen LogP contribution in [0.3, 0.4) is 0 Å². The molecule has 0 saturated heterocycles.